The number of hydrogen-bond acceptors (Lipinski definition) is 3. The maximum absolute atomic E-state index is 5.60. The van der Waals surface area contributed by atoms with Crippen molar-refractivity contribution in [1.29, 1.82) is 0 Å². The second-order valence-electron chi connectivity index (χ2n) is 4.82. The molecule has 1 fully saturated rings. The third kappa shape index (κ3) is 4.52. The van der Waals surface area contributed by atoms with Crippen LogP contribution in [0.3, 0.4) is 0 Å². The van der Waals surface area contributed by atoms with Crippen molar-refractivity contribution in [3.05, 3.63) is 0 Å². The van der Waals surface area contributed by atoms with Crippen molar-refractivity contribution < 1.29 is 4.74 Å². The number of nitrogens with one attached hydrogen (secondary N) is 1. The van der Waals surface area contributed by atoms with Crippen LogP contribution in [0.4, 0.5) is 0 Å². The predicted octanol–water partition coefficient (Wildman–Crippen LogP) is 1.11. The Morgan fingerprint density at radius 3 is 2.59 bits per heavy atom. The van der Waals surface area contributed by atoms with Crippen LogP contribution in [0.1, 0.15) is 39.5 Å². The molecule has 5 heteroatoms. The molecule has 0 atom stereocenters. The molecule has 0 aromatic rings. The normalized spacial score (nSPS) is 17.8. The van der Waals surface area contributed by atoms with E-state index in [1.165, 1.54) is 25.7 Å². The Morgan fingerprint density at radius 1 is 1.47 bits per heavy atom. The second kappa shape index (κ2) is 7.50. The third-order valence-electron chi connectivity index (χ3n) is 3.19. The SMILES string of the molecule is COCCN(C(=NC1CCCC1)NN)C(C)C. The minimum atomic E-state index is 0.362. The van der Waals surface area contributed by atoms with Crippen LogP contribution >= 0.6 is 0 Å². The molecule has 0 unspecified atom stereocenters. The summed E-state index contributed by atoms with van der Waals surface area (Å²) in [6.07, 6.45) is 4.93. The molecule has 1 rings (SSSR count). The number of methoxy groups -OCH3 is 1. The van der Waals surface area contributed by atoms with Gasteiger partial charge >= 0.3 is 0 Å². The highest BCUT2D eigenvalue weighted by Gasteiger charge is 2.18. The number of aliphatic imine (C=N–C) groups is 1. The molecule has 0 aromatic carbocycles. The van der Waals surface area contributed by atoms with E-state index in [4.69, 9.17) is 15.6 Å². The first-order valence-electron chi connectivity index (χ1n) is 6.49. The average Bonchev–Trinajstić information content (AvgIpc) is 2.80. The molecule has 1 aliphatic rings. The van der Waals surface area contributed by atoms with Gasteiger partial charge in [0.2, 0.25) is 5.96 Å². The number of guanidine groups is 1. The molecule has 0 bridgehead atoms. The van der Waals surface area contributed by atoms with Crippen molar-refractivity contribution in [2.75, 3.05) is 20.3 Å². The van der Waals surface area contributed by atoms with Gasteiger partial charge in [-0.1, -0.05) is 12.8 Å². The van der Waals surface area contributed by atoms with Crippen LogP contribution in [0.5, 0.6) is 0 Å². The van der Waals surface area contributed by atoms with Gasteiger partial charge in [-0.05, 0) is 26.7 Å². The van der Waals surface area contributed by atoms with Crippen molar-refractivity contribution in [3.63, 3.8) is 0 Å². The molecular formula is C12H26N4O. The van der Waals surface area contributed by atoms with Crippen LogP contribution in [-0.2, 0) is 4.74 Å². The van der Waals surface area contributed by atoms with E-state index in [1.54, 1.807) is 7.11 Å². The van der Waals surface area contributed by atoms with Crippen LogP contribution in [0.15, 0.2) is 4.99 Å². The molecule has 5 nitrogen and oxygen atoms in total. The van der Waals surface area contributed by atoms with Crippen LogP contribution in [-0.4, -0.2) is 43.2 Å². The van der Waals surface area contributed by atoms with E-state index in [0.717, 1.165) is 12.5 Å². The highest BCUT2D eigenvalue weighted by molar-refractivity contribution is 5.79. The maximum atomic E-state index is 5.60. The maximum Gasteiger partial charge on any atom is 0.208 e. The molecule has 0 aliphatic heterocycles. The molecule has 0 amide bonds. The number of rotatable bonds is 5. The average molecular weight is 242 g/mol. The van der Waals surface area contributed by atoms with Gasteiger partial charge in [0, 0.05) is 19.7 Å². The molecule has 0 aromatic heterocycles. The highest BCUT2D eigenvalue weighted by atomic mass is 16.5. The zero-order chi connectivity index (χ0) is 12.7. The number of nitrogens with zero attached hydrogens (tertiary/aromatic N) is 2. The second-order valence-corrected chi connectivity index (χ2v) is 4.82. The first kappa shape index (κ1) is 14.3. The van der Waals surface area contributed by atoms with Crippen molar-refractivity contribution in [1.82, 2.24) is 10.3 Å². The molecule has 100 valence electrons. The molecule has 0 saturated heterocycles. The fourth-order valence-electron chi connectivity index (χ4n) is 2.20. The van der Waals surface area contributed by atoms with Crippen LogP contribution in [0.2, 0.25) is 0 Å². The fourth-order valence-corrected chi connectivity index (χ4v) is 2.20. The van der Waals surface area contributed by atoms with E-state index >= 15 is 0 Å². The summed E-state index contributed by atoms with van der Waals surface area (Å²) in [6.45, 7) is 5.77. The van der Waals surface area contributed by atoms with Gasteiger partial charge in [-0.25, -0.2) is 10.8 Å². The molecular weight excluding hydrogens is 216 g/mol. The van der Waals surface area contributed by atoms with Crippen LogP contribution in [0, 0.1) is 0 Å². The fraction of sp³-hybridized carbons (Fsp3) is 0.917. The van der Waals surface area contributed by atoms with Gasteiger partial charge < -0.3 is 9.64 Å². The Bertz CT molecular complexity index is 237. The lowest BCUT2D eigenvalue weighted by Crippen LogP contribution is -2.49. The Balaban J connectivity index is 2.65. The third-order valence-corrected chi connectivity index (χ3v) is 3.19. The molecule has 0 spiro atoms. The van der Waals surface area contributed by atoms with Crippen molar-refractivity contribution in [3.8, 4) is 0 Å². The topological polar surface area (TPSA) is 62.9 Å². The largest absolute Gasteiger partial charge is 0.383 e. The van der Waals surface area contributed by atoms with Gasteiger partial charge in [-0.3, -0.25) is 5.43 Å². The number of hydrogen-bond donors (Lipinski definition) is 2. The van der Waals surface area contributed by atoms with E-state index < -0.39 is 0 Å². The Kier molecular flexibility index (Phi) is 6.29. The Morgan fingerprint density at radius 2 is 2.12 bits per heavy atom. The molecule has 3 N–H and O–H groups in total. The Hall–Kier alpha value is -0.810. The standard InChI is InChI=1S/C12H26N4O/c1-10(2)16(8-9-17-3)12(15-13)14-11-6-4-5-7-11/h10-11H,4-9,13H2,1-3H3,(H,14,15). The first-order chi connectivity index (χ1) is 8.19. The lowest BCUT2D eigenvalue weighted by Gasteiger charge is -2.29. The molecule has 1 saturated carbocycles. The monoisotopic (exact) mass is 242 g/mol. The van der Waals surface area contributed by atoms with E-state index in [1.807, 2.05) is 0 Å². The minimum Gasteiger partial charge on any atom is -0.383 e. The van der Waals surface area contributed by atoms with E-state index in [-0.39, 0.29) is 0 Å². The smallest absolute Gasteiger partial charge is 0.208 e. The zero-order valence-corrected chi connectivity index (χ0v) is 11.3. The van der Waals surface area contributed by atoms with Gasteiger partial charge in [0.1, 0.15) is 0 Å². The lowest BCUT2D eigenvalue weighted by atomic mass is 10.3. The van der Waals surface area contributed by atoms with Gasteiger partial charge in [0.25, 0.3) is 0 Å². The summed E-state index contributed by atoms with van der Waals surface area (Å²) in [6, 6.07) is 0.797. The zero-order valence-electron chi connectivity index (χ0n) is 11.3. The molecule has 0 heterocycles. The number of ether oxygens (including phenoxy) is 1. The van der Waals surface area contributed by atoms with Crippen molar-refractivity contribution in [2.24, 2.45) is 10.8 Å². The van der Waals surface area contributed by atoms with Crippen molar-refractivity contribution in [2.45, 2.75) is 51.6 Å². The van der Waals surface area contributed by atoms with Crippen LogP contribution in [0.25, 0.3) is 0 Å². The first-order valence-corrected chi connectivity index (χ1v) is 6.49. The quantitative estimate of drug-likeness (QED) is 0.328. The molecule has 17 heavy (non-hydrogen) atoms. The van der Waals surface area contributed by atoms with Crippen LogP contribution < -0.4 is 11.3 Å². The van der Waals surface area contributed by atoms with Gasteiger partial charge in [-0.2, -0.15) is 0 Å². The van der Waals surface area contributed by atoms with E-state index in [9.17, 15) is 0 Å². The molecule has 0 radical (unpaired) electrons. The van der Waals surface area contributed by atoms with Crippen molar-refractivity contribution >= 4 is 5.96 Å². The summed E-state index contributed by atoms with van der Waals surface area (Å²) in [5, 5.41) is 0. The summed E-state index contributed by atoms with van der Waals surface area (Å²) in [4.78, 5) is 6.87. The lowest BCUT2D eigenvalue weighted by molar-refractivity contribution is 0.164. The Labute approximate surface area is 104 Å². The summed E-state index contributed by atoms with van der Waals surface area (Å²) in [7, 11) is 1.71. The molecule has 1 aliphatic carbocycles. The highest BCUT2D eigenvalue weighted by Crippen LogP contribution is 2.21. The van der Waals surface area contributed by atoms with Gasteiger partial charge in [0.15, 0.2) is 0 Å². The van der Waals surface area contributed by atoms with Gasteiger partial charge in [0.05, 0.1) is 12.6 Å². The van der Waals surface area contributed by atoms with E-state index in [2.05, 4.69) is 24.2 Å². The summed E-state index contributed by atoms with van der Waals surface area (Å²) >= 11 is 0. The summed E-state index contributed by atoms with van der Waals surface area (Å²) < 4.78 is 5.12. The van der Waals surface area contributed by atoms with E-state index in [0.29, 0.717) is 18.7 Å². The summed E-state index contributed by atoms with van der Waals surface area (Å²) in [5.41, 5.74) is 2.74. The number of nitrogens with two attached hydrogens (primary N) is 1. The predicted molar refractivity (Wildman–Crippen MR) is 70.7 cm³/mol. The summed E-state index contributed by atoms with van der Waals surface area (Å²) in [5.74, 6) is 6.39. The van der Waals surface area contributed by atoms with Gasteiger partial charge in [-0.15, -0.1) is 0 Å². The minimum absolute atomic E-state index is 0.362. The number of hydrazine groups is 1.